The van der Waals surface area contributed by atoms with Crippen molar-refractivity contribution in [3.63, 3.8) is 0 Å². The van der Waals surface area contributed by atoms with Gasteiger partial charge in [-0.15, -0.1) is 0 Å². The summed E-state index contributed by atoms with van der Waals surface area (Å²) in [7, 11) is -2.44. The van der Waals surface area contributed by atoms with Crippen molar-refractivity contribution in [2.45, 2.75) is 96.3 Å². The van der Waals surface area contributed by atoms with E-state index in [1.165, 1.54) is 0 Å². The van der Waals surface area contributed by atoms with Gasteiger partial charge in [0.15, 0.2) is 5.85 Å². The van der Waals surface area contributed by atoms with E-state index in [-0.39, 0.29) is 44.5 Å². The first-order chi connectivity index (χ1) is 22.5. The molecule has 260 valence electrons. The summed E-state index contributed by atoms with van der Waals surface area (Å²) in [6, 6.07) is 14.2. The minimum absolute atomic E-state index is 0.00191. The number of carbonyl (C=O) groups is 3. The lowest BCUT2D eigenvalue weighted by Crippen LogP contribution is -2.53. The van der Waals surface area contributed by atoms with Gasteiger partial charge in [-0.2, -0.15) is 0 Å². The molecule has 0 aromatic heterocycles. The van der Waals surface area contributed by atoms with E-state index < -0.39 is 37.5 Å². The number of aliphatic hydroxyl groups is 1. The molecule has 3 amide bonds. The van der Waals surface area contributed by atoms with Crippen LogP contribution in [0.1, 0.15) is 76.3 Å². The molecule has 3 atom stereocenters. The molecule has 0 spiro atoms. The van der Waals surface area contributed by atoms with Gasteiger partial charge < -0.3 is 34.4 Å². The number of ether oxygens (including phenoxy) is 1. The summed E-state index contributed by atoms with van der Waals surface area (Å²) >= 11 is 6.05. The number of benzene rings is 2. The van der Waals surface area contributed by atoms with Crippen LogP contribution < -0.4 is 10.6 Å². The molecule has 1 fully saturated rings. The first kappa shape index (κ1) is 38.5. The zero-order valence-corrected chi connectivity index (χ0v) is 29.2. The predicted octanol–water partition coefficient (Wildman–Crippen LogP) is 6.41. The van der Waals surface area contributed by atoms with Gasteiger partial charge in [-0.1, -0.05) is 86.2 Å². The number of carbonyl (C=O) groups excluding carboxylic acids is 3. The van der Waals surface area contributed by atoms with Gasteiger partial charge in [0.05, 0.1) is 19.3 Å². The van der Waals surface area contributed by atoms with Crippen LogP contribution >= 0.6 is 19.2 Å². The van der Waals surface area contributed by atoms with Crippen LogP contribution in [0.15, 0.2) is 54.6 Å². The standard InChI is InChI=1S/C34H49ClN3O8P/c1-4-45-47(43,46-5-2)33(41)29(19-20-31(39)38(3)23-26-15-10-7-11-16-26)36-32(40)30(22-25-13-8-6-9-14-25)37-34(42)44-24-27-17-12-18-28(35)21-27/h7,10-12,15-18,21,25,29-30,33,41H,4-6,8-9,13-14,19-20,22-24H2,1-3H3,(H,36,40)(H,37,42)/t29-,30-,33?/m0/s1. The predicted molar refractivity (Wildman–Crippen MR) is 181 cm³/mol. The summed E-state index contributed by atoms with van der Waals surface area (Å²) in [5.41, 5.74) is 1.64. The van der Waals surface area contributed by atoms with Crippen LogP contribution in [0.4, 0.5) is 4.79 Å². The number of aliphatic hydroxyl groups excluding tert-OH is 1. The molecule has 3 N–H and O–H groups in total. The van der Waals surface area contributed by atoms with Crippen LogP contribution in [0.5, 0.6) is 0 Å². The van der Waals surface area contributed by atoms with E-state index in [0.29, 0.717) is 23.6 Å². The number of halogens is 1. The van der Waals surface area contributed by atoms with Crippen molar-refractivity contribution < 1.29 is 37.8 Å². The SMILES string of the molecule is CCOP(=O)(OCC)C(O)[C@H](CCC(=O)N(C)Cc1ccccc1)NC(=O)[C@H](CC1CCCCC1)NC(=O)OCc1cccc(Cl)c1. The first-order valence-corrected chi connectivity index (χ1v) is 18.4. The second-order valence-corrected chi connectivity index (χ2v) is 14.4. The average Bonchev–Trinajstić information content (AvgIpc) is 3.06. The van der Waals surface area contributed by atoms with E-state index in [0.717, 1.165) is 37.7 Å². The summed E-state index contributed by atoms with van der Waals surface area (Å²) < 4.78 is 29.8. The molecule has 0 saturated heterocycles. The van der Waals surface area contributed by atoms with Crippen molar-refractivity contribution in [2.24, 2.45) is 5.92 Å². The van der Waals surface area contributed by atoms with Crippen molar-refractivity contribution in [2.75, 3.05) is 20.3 Å². The molecule has 0 bridgehead atoms. The summed E-state index contributed by atoms with van der Waals surface area (Å²) in [5.74, 6) is -2.39. The molecule has 2 aromatic carbocycles. The topological polar surface area (TPSA) is 144 Å². The third kappa shape index (κ3) is 12.9. The zero-order chi connectivity index (χ0) is 34.2. The molecule has 1 saturated carbocycles. The molecule has 13 heteroatoms. The average molecular weight is 694 g/mol. The Morgan fingerprint density at radius 3 is 2.28 bits per heavy atom. The molecule has 0 aliphatic heterocycles. The maximum absolute atomic E-state index is 13.9. The van der Waals surface area contributed by atoms with Crippen molar-refractivity contribution in [1.82, 2.24) is 15.5 Å². The highest BCUT2D eigenvalue weighted by Crippen LogP contribution is 2.53. The monoisotopic (exact) mass is 693 g/mol. The summed E-state index contributed by atoms with van der Waals surface area (Å²) in [5, 5.41) is 17.4. The highest BCUT2D eigenvalue weighted by molar-refractivity contribution is 7.54. The van der Waals surface area contributed by atoms with E-state index in [9.17, 15) is 24.1 Å². The molecule has 1 unspecified atom stereocenters. The van der Waals surface area contributed by atoms with Gasteiger partial charge in [-0.25, -0.2) is 4.79 Å². The molecule has 47 heavy (non-hydrogen) atoms. The van der Waals surface area contributed by atoms with Gasteiger partial charge in [-0.05, 0) is 55.9 Å². The Morgan fingerprint density at radius 1 is 0.979 bits per heavy atom. The molecule has 1 aliphatic rings. The lowest BCUT2D eigenvalue weighted by atomic mass is 9.84. The minimum atomic E-state index is -4.11. The Morgan fingerprint density at radius 2 is 1.64 bits per heavy atom. The van der Waals surface area contributed by atoms with Crippen molar-refractivity contribution in [3.8, 4) is 0 Å². The fourth-order valence-corrected chi connectivity index (χ4v) is 7.69. The molecule has 3 rings (SSSR count). The van der Waals surface area contributed by atoms with E-state index in [2.05, 4.69) is 10.6 Å². The molecule has 1 aliphatic carbocycles. The largest absolute Gasteiger partial charge is 0.445 e. The second kappa shape index (κ2) is 19.8. The van der Waals surface area contributed by atoms with Crippen LogP contribution in [0.25, 0.3) is 0 Å². The number of alkyl carbamates (subject to hydrolysis) is 1. The molecule has 0 heterocycles. The van der Waals surface area contributed by atoms with Crippen molar-refractivity contribution in [3.05, 3.63) is 70.7 Å². The van der Waals surface area contributed by atoms with Crippen LogP contribution in [-0.4, -0.2) is 66.1 Å². The fraction of sp³-hybridized carbons (Fsp3) is 0.559. The molecular weight excluding hydrogens is 645 g/mol. The Bertz CT molecular complexity index is 1320. The maximum atomic E-state index is 13.9. The van der Waals surface area contributed by atoms with E-state index in [1.54, 1.807) is 50.1 Å². The van der Waals surface area contributed by atoms with Gasteiger partial charge in [0.25, 0.3) is 0 Å². The molecule has 11 nitrogen and oxygen atoms in total. The summed E-state index contributed by atoms with van der Waals surface area (Å²) in [4.78, 5) is 41.5. The number of rotatable bonds is 18. The lowest BCUT2D eigenvalue weighted by Gasteiger charge is -2.32. The van der Waals surface area contributed by atoms with E-state index >= 15 is 0 Å². The summed E-state index contributed by atoms with van der Waals surface area (Å²) in [6.45, 7) is 3.56. The van der Waals surface area contributed by atoms with Gasteiger partial charge in [0.2, 0.25) is 11.8 Å². The summed E-state index contributed by atoms with van der Waals surface area (Å²) in [6.07, 6.45) is 4.47. The Kier molecular flexibility index (Phi) is 16.2. The third-order valence-corrected chi connectivity index (χ3v) is 10.6. The number of amides is 3. The van der Waals surface area contributed by atoms with Gasteiger partial charge >= 0.3 is 13.7 Å². The maximum Gasteiger partial charge on any atom is 0.408 e. The molecular formula is C34H49ClN3O8P. The second-order valence-electron chi connectivity index (χ2n) is 11.8. The van der Waals surface area contributed by atoms with Crippen molar-refractivity contribution in [1.29, 1.82) is 0 Å². The van der Waals surface area contributed by atoms with E-state index in [4.69, 9.17) is 25.4 Å². The highest BCUT2D eigenvalue weighted by atomic mass is 35.5. The van der Waals surface area contributed by atoms with Crippen LogP contribution in [0, 0.1) is 5.92 Å². The molecule has 0 radical (unpaired) electrons. The molecule has 2 aromatic rings. The van der Waals surface area contributed by atoms with Gasteiger partial charge in [-0.3, -0.25) is 14.2 Å². The number of nitrogens with zero attached hydrogens (tertiary/aromatic N) is 1. The smallest absolute Gasteiger partial charge is 0.408 e. The Labute approximate surface area is 283 Å². The van der Waals surface area contributed by atoms with Gasteiger partial charge in [0.1, 0.15) is 12.6 Å². The zero-order valence-electron chi connectivity index (χ0n) is 27.6. The third-order valence-electron chi connectivity index (χ3n) is 8.15. The van der Waals surface area contributed by atoms with Crippen molar-refractivity contribution >= 4 is 37.1 Å². The van der Waals surface area contributed by atoms with Crippen LogP contribution in [0.3, 0.4) is 0 Å². The van der Waals surface area contributed by atoms with Gasteiger partial charge in [0, 0.05) is 25.0 Å². The van der Waals surface area contributed by atoms with Crippen LogP contribution in [-0.2, 0) is 41.1 Å². The highest BCUT2D eigenvalue weighted by Gasteiger charge is 2.42. The lowest BCUT2D eigenvalue weighted by molar-refractivity contribution is -0.131. The Balaban J connectivity index is 1.77. The quantitative estimate of drug-likeness (QED) is 0.152. The van der Waals surface area contributed by atoms with E-state index in [1.807, 2.05) is 30.3 Å². The normalized spacial score (nSPS) is 15.7. The Hall–Kier alpha value is -2.95. The number of hydrogen-bond donors (Lipinski definition) is 3. The van der Waals surface area contributed by atoms with Crippen LogP contribution in [0.2, 0.25) is 5.02 Å². The first-order valence-electron chi connectivity index (χ1n) is 16.4. The fourth-order valence-electron chi connectivity index (χ4n) is 5.71. The number of nitrogens with one attached hydrogen (secondary N) is 2. The minimum Gasteiger partial charge on any atom is -0.445 e. The number of hydrogen-bond acceptors (Lipinski definition) is 8.